The van der Waals surface area contributed by atoms with Crippen LogP contribution < -0.4 is 10.6 Å². The van der Waals surface area contributed by atoms with Crippen LogP contribution in [-0.2, 0) is 25.8 Å². The van der Waals surface area contributed by atoms with Crippen LogP contribution in [0.25, 0.3) is 10.9 Å². The van der Waals surface area contributed by atoms with Crippen molar-refractivity contribution in [3.05, 3.63) is 66.1 Å². The summed E-state index contributed by atoms with van der Waals surface area (Å²) in [5, 5.41) is 6.38. The van der Waals surface area contributed by atoms with Gasteiger partial charge in [0, 0.05) is 30.1 Å². The standard InChI is InChI=1S/C22H24FN3O4S/c1-15(22(28)24-12-10-16-14-25-20-5-3-2-4-19(16)20)26-21(27)11-13-31(29,30)18-8-6-17(23)7-9-18/h2-9,14-15,25H,10-13H2,1H3,(H,24,28)(H,26,27)/t15-/m0/s1. The average Bonchev–Trinajstić information content (AvgIpc) is 3.16. The van der Waals surface area contributed by atoms with Crippen molar-refractivity contribution in [3.8, 4) is 0 Å². The molecule has 0 spiro atoms. The number of hydrogen-bond donors (Lipinski definition) is 3. The number of amides is 2. The number of H-pyrrole nitrogens is 1. The second-order valence-electron chi connectivity index (χ2n) is 7.21. The number of carbonyl (C=O) groups is 2. The summed E-state index contributed by atoms with van der Waals surface area (Å²) < 4.78 is 37.4. The highest BCUT2D eigenvalue weighted by Crippen LogP contribution is 2.17. The predicted molar refractivity (Wildman–Crippen MR) is 116 cm³/mol. The van der Waals surface area contributed by atoms with E-state index < -0.39 is 33.4 Å². The smallest absolute Gasteiger partial charge is 0.242 e. The van der Waals surface area contributed by atoms with Gasteiger partial charge in [-0.3, -0.25) is 9.59 Å². The van der Waals surface area contributed by atoms with Crippen molar-refractivity contribution in [3.63, 3.8) is 0 Å². The number of halogens is 1. The Balaban J connectivity index is 1.43. The van der Waals surface area contributed by atoms with Crippen molar-refractivity contribution in [2.45, 2.75) is 30.7 Å². The van der Waals surface area contributed by atoms with E-state index in [4.69, 9.17) is 0 Å². The van der Waals surface area contributed by atoms with Gasteiger partial charge < -0.3 is 15.6 Å². The van der Waals surface area contributed by atoms with Crippen molar-refractivity contribution >= 4 is 32.6 Å². The largest absolute Gasteiger partial charge is 0.361 e. The molecule has 0 aliphatic carbocycles. The number of rotatable bonds is 9. The van der Waals surface area contributed by atoms with E-state index in [1.165, 1.54) is 6.92 Å². The Kier molecular flexibility index (Phi) is 7.06. The summed E-state index contributed by atoms with van der Waals surface area (Å²) in [5.74, 6) is -1.87. The second-order valence-corrected chi connectivity index (χ2v) is 9.32. The molecular weight excluding hydrogens is 421 g/mol. The summed E-state index contributed by atoms with van der Waals surface area (Å²) >= 11 is 0. The van der Waals surface area contributed by atoms with E-state index in [0.29, 0.717) is 13.0 Å². The number of sulfone groups is 1. The minimum Gasteiger partial charge on any atom is -0.361 e. The molecular formula is C22H24FN3O4S. The van der Waals surface area contributed by atoms with Gasteiger partial charge in [0.1, 0.15) is 11.9 Å². The highest BCUT2D eigenvalue weighted by Gasteiger charge is 2.19. The van der Waals surface area contributed by atoms with Crippen molar-refractivity contribution < 1.29 is 22.4 Å². The highest BCUT2D eigenvalue weighted by atomic mass is 32.2. The number of aromatic nitrogens is 1. The zero-order valence-corrected chi connectivity index (χ0v) is 17.8. The quantitative estimate of drug-likeness (QED) is 0.439. The van der Waals surface area contributed by atoms with Crippen LogP contribution in [0.4, 0.5) is 4.39 Å². The Hall–Kier alpha value is -3.20. The third kappa shape index (κ3) is 5.91. The predicted octanol–water partition coefficient (Wildman–Crippen LogP) is 2.33. The zero-order chi connectivity index (χ0) is 22.4. The fraction of sp³-hybridized carbons (Fsp3) is 0.273. The van der Waals surface area contributed by atoms with Crippen LogP contribution in [0.1, 0.15) is 18.9 Å². The molecule has 0 fully saturated rings. The molecule has 0 saturated heterocycles. The van der Waals surface area contributed by atoms with Crippen molar-refractivity contribution in [1.82, 2.24) is 15.6 Å². The molecule has 2 amide bonds. The maximum Gasteiger partial charge on any atom is 0.242 e. The molecule has 164 valence electrons. The first kappa shape index (κ1) is 22.5. The monoisotopic (exact) mass is 445 g/mol. The SMILES string of the molecule is C[C@H](NC(=O)CCS(=O)(=O)c1ccc(F)cc1)C(=O)NCCc1c[nH]c2ccccc12. The lowest BCUT2D eigenvalue weighted by Gasteiger charge is -2.14. The van der Waals surface area contributed by atoms with Crippen LogP contribution in [0.3, 0.4) is 0 Å². The third-order valence-electron chi connectivity index (χ3n) is 4.91. The lowest BCUT2D eigenvalue weighted by Crippen LogP contribution is -2.45. The van der Waals surface area contributed by atoms with Gasteiger partial charge in [-0.05, 0) is 49.2 Å². The molecule has 0 aliphatic heterocycles. The molecule has 1 aromatic heterocycles. The summed E-state index contributed by atoms with van der Waals surface area (Å²) in [7, 11) is -3.72. The third-order valence-corrected chi connectivity index (χ3v) is 6.64. The topological polar surface area (TPSA) is 108 Å². The normalized spacial score (nSPS) is 12.5. The molecule has 9 heteroatoms. The maximum absolute atomic E-state index is 12.9. The Morgan fingerprint density at radius 1 is 1.10 bits per heavy atom. The number of fused-ring (bicyclic) bond motifs is 1. The molecule has 0 unspecified atom stereocenters. The van der Waals surface area contributed by atoms with Crippen LogP contribution in [0.15, 0.2) is 59.6 Å². The van der Waals surface area contributed by atoms with E-state index in [0.717, 1.165) is 40.7 Å². The molecule has 1 heterocycles. The summed E-state index contributed by atoms with van der Waals surface area (Å²) in [4.78, 5) is 27.4. The molecule has 7 nitrogen and oxygen atoms in total. The molecule has 3 rings (SSSR count). The summed E-state index contributed by atoms with van der Waals surface area (Å²) in [6.45, 7) is 1.94. The lowest BCUT2D eigenvalue weighted by molar-refractivity contribution is -0.128. The van der Waals surface area contributed by atoms with Gasteiger partial charge in [-0.25, -0.2) is 12.8 Å². The second kappa shape index (κ2) is 9.74. The van der Waals surface area contributed by atoms with E-state index in [1.807, 2.05) is 30.5 Å². The summed E-state index contributed by atoms with van der Waals surface area (Å²) in [6.07, 6.45) is 2.24. The van der Waals surface area contributed by atoms with Crippen LogP contribution >= 0.6 is 0 Å². The molecule has 2 aromatic carbocycles. The van der Waals surface area contributed by atoms with Gasteiger partial charge in [-0.15, -0.1) is 0 Å². The Bertz CT molecular complexity index is 1170. The zero-order valence-electron chi connectivity index (χ0n) is 17.0. The van der Waals surface area contributed by atoms with Gasteiger partial charge in [-0.1, -0.05) is 18.2 Å². The van der Waals surface area contributed by atoms with Gasteiger partial charge in [0.05, 0.1) is 10.6 Å². The first-order valence-electron chi connectivity index (χ1n) is 9.86. The van der Waals surface area contributed by atoms with Gasteiger partial charge in [0.2, 0.25) is 11.8 Å². The van der Waals surface area contributed by atoms with Gasteiger partial charge >= 0.3 is 0 Å². The molecule has 0 aliphatic rings. The van der Waals surface area contributed by atoms with Gasteiger partial charge in [0.15, 0.2) is 9.84 Å². The molecule has 31 heavy (non-hydrogen) atoms. The Morgan fingerprint density at radius 3 is 2.55 bits per heavy atom. The van der Waals surface area contributed by atoms with Crippen LogP contribution in [0.2, 0.25) is 0 Å². The number of hydrogen-bond acceptors (Lipinski definition) is 4. The number of nitrogens with one attached hydrogen (secondary N) is 3. The van der Waals surface area contributed by atoms with Gasteiger partial charge in [0.25, 0.3) is 0 Å². The molecule has 3 N–H and O–H groups in total. The molecule has 0 bridgehead atoms. The maximum atomic E-state index is 12.9. The van der Waals surface area contributed by atoms with E-state index in [1.54, 1.807) is 0 Å². The molecule has 0 saturated carbocycles. The average molecular weight is 446 g/mol. The van der Waals surface area contributed by atoms with Gasteiger partial charge in [-0.2, -0.15) is 0 Å². The Morgan fingerprint density at radius 2 is 1.81 bits per heavy atom. The summed E-state index contributed by atoms with van der Waals surface area (Å²) in [5.41, 5.74) is 2.11. The minimum atomic E-state index is -3.72. The van der Waals surface area contributed by atoms with Crippen LogP contribution in [0.5, 0.6) is 0 Å². The van der Waals surface area contributed by atoms with E-state index in [9.17, 15) is 22.4 Å². The van der Waals surface area contributed by atoms with E-state index >= 15 is 0 Å². The number of benzene rings is 2. The molecule has 0 radical (unpaired) electrons. The van der Waals surface area contributed by atoms with Crippen LogP contribution in [-0.4, -0.2) is 43.6 Å². The molecule has 1 atom stereocenters. The first-order chi connectivity index (χ1) is 14.8. The van der Waals surface area contributed by atoms with Crippen molar-refractivity contribution in [2.24, 2.45) is 0 Å². The van der Waals surface area contributed by atoms with E-state index in [2.05, 4.69) is 15.6 Å². The van der Waals surface area contributed by atoms with Crippen molar-refractivity contribution in [2.75, 3.05) is 12.3 Å². The fourth-order valence-electron chi connectivity index (χ4n) is 3.18. The van der Waals surface area contributed by atoms with E-state index in [-0.39, 0.29) is 17.2 Å². The lowest BCUT2D eigenvalue weighted by atomic mass is 10.1. The minimum absolute atomic E-state index is 0.0511. The van der Waals surface area contributed by atoms with Crippen LogP contribution in [0, 0.1) is 5.82 Å². The van der Waals surface area contributed by atoms with Crippen molar-refractivity contribution in [1.29, 1.82) is 0 Å². The Labute approximate surface area is 180 Å². The number of aromatic amines is 1. The highest BCUT2D eigenvalue weighted by molar-refractivity contribution is 7.91. The summed E-state index contributed by atoms with van der Waals surface area (Å²) in [6, 6.07) is 11.5. The fourth-order valence-corrected chi connectivity index (χ4v) is 4.42. The number of para-hydroxylation sites is 1. The first-order valence-corrected chi connectivity index (χ1v) is 11.5. The molecule has 3 aromatic rings. The number of carbonyl (C=O) groups excluding carboxylic acids is 2.